The van der Waals surface area contributed by atoms with Crippen molar-refractivity contribution in [2.75, 3.05) is 19.8 Å². The van der Waals surface area contributed by atoms with Gasteiger partial charge in [0, 0.05) is 24.6 Å². The fraction of sp³-hybridized carbons (Fsp3) is 0.625. The van der Waals surface area contributed by atoms with E-state index in [0.29, 0.717) is 6.04 Å². The maximum atomic E-state index is 13.9. The summed E-state index contributed by atoms with van der Waals surface area (Å²) in [4.78, 5) is 0. The van der Waals surface area contributed by atoms with Crippen molar-refractivity contribution in [1.82, 2.24) is 5.32 Å². The van der Waals surface area contributed by atoms with E-state index in [9.17, 15) is 4.39 Å². The monoisotopic (exact) mass is 263 g/mol. The van der Waals surface area contributed by atoms with Crippen LogP contribution in [0.1, 0.15) is 31.2 Å². The van der Waals surface area contributed by atoms with Crippen molar-refractivity contribution in [1.29, 1.82) is 0 Å². The third kappa shape index (κ3) is 3.34. The summed E-state index contributed by atoms with van der Waals surface area (Å²) in [6.45, 7) is 2.55. The van der Waals surface area contributed by atoms with Crippen molar-refractivity contribution in [3.8, 4) is 0 Å². The average Bonchev–Trinajstić information content (AvgIpc) is 3.25. The van der Waals surface area contributed by atoms with Crippen LogP contribution in [0.25, 0.3) is 0 Å². The van der Waals surface area contributed by atoms with Gasteiger partial charge < -0.3 is 10.1 Å². The summed E-state index contributed by atoms with van der Waals surface area (Å²) in [7, 11) is 0. The van der Waals surface area contributed by atoms with Crippen LogP contribution in [0, 0.1) is 11.2 Å². The van der Waals surface area contributed by atoms with Gasteiger partial charge in [-0.3, -0.25) is 0 Å². The van der Waals surface area contributed by atoms with Crippen LogP contribution < -0.4 is 5.32 Å². The second kappa shape index (κ2) is 5.59. The van der Waals surface area contributed by atoms with Gasteiger partial charge in [0.1, 0.15) is 5.82 Å². The SMILES string of the molecule is Fc1ccccc1CC1(CNC2CC2)CCCOC1. The summed E-state index contributed by atoms with van der Waals surface area (Å²) in [6, 6.07) is 7.83. The number of rotatable bonds is 5. The molecule has 0 radical (unpaired) electrons. The van der Waals surface area contributed by atoms with E-state index in [2.05, 4.69) is 5.32 Å². The Morgan fingerprint density at radius 1 is 1.32 bits per heavy atom. The lowest BCUT2D eigenvalue weighted by molar-refractivity contribution is -0.00772. The Morgan fingerprint density at radius 3 is 2.84 bits per heavy atom. The third-order valence-corrected chi connectivity index (χ3v) is 4.27. The molecule has 1 N–H and O–H groups in total. The number of hydrogen-bond donors (Lipinski definition) is 1. The minimum atomic E-state index is -0.0844. The Hall–Kier alpha value is -0.930. The van der Waals surface area contributed by atoms with E-state index in [4.69, 9.17) is 4.74 Å². The van der Waals surface area contributed by atoms with Crippen LogP contribution in [0.5, 0.6) is 0 Å². The van der Waals surface area contributed by atoms with E-state index in [1.165, 1.54) is 12.8 Å². The summed E-state index contributed by atoms with van der Waals surface area (Å²) < 4.78 is 19.6. The Balaban J connectivity index is 1.72. The lowest BCUT2D eigenvalue weighted by Crippen LogP contribution is -2.43. The molecule has 104 valence electrons. The molecule has 1 atom stereocenters. The summed E-state index contributed by atoms with van der Waals surface area (Å²) in [5, 5.41) is 3.60. The van der Waals surface area contributed by atoms with Gasteiger partial charge in [-0.05, 0) is 43.7 Å². The first-order valence-electron chi connectivity index (χ1n) is 7.32. The highest BCUT2D eigenvalue weighted by Gasteiger charge is 2.35. The molecule has 1 aromatic carbocycles. The van der Waals surface area contributed by atoms with E-state index in [0.717, 1.165) is 44.6 Å². The zero-order chi connectivity index (χ0) is 13.1. The van der Waals surface area contributed by atoms with Crippen LogP contribution in [0.4, 0.5) is 4.39 Å². The first-order chi connectivity index (χ1) is 9.27. The maximum absolute atomic E-state index is 13.9. The van der Waals surface area contributed by atoms with Crippen molar-refractivity contribution >= 4 is 0 Å². The zero-order valence-electron chi connectivity index (χ0n) is 11.3. The van der Waals surface area contributed by atoms with Gasteiger partial charge >= 0.3 is 0 Å². The van der Waals surface area contributed by atoms with E-state index < -0.39 is 0 Å². The van der Waals surface area contributed by atoms with Crippen molar-refractivity contribution < 1.29 is 9.13 Å². The molecule has 0 bridgehead atoms. The molecule has 19 heavy (non-hydrogen) atoms. The van der Waals surface area contributed by atoms with Gasteiger partial charge in [0.25, 0.3) is 0 Å². The molecule has 0 aromatic heterocycles. The van der Waals surface area contributed by atoms with Crippen LogP contribution in [0.3, 0.4) is 0 Å². The molecule has 2 nitrogen and oxygen atoms in total. The summed E-state index contributed by atoms with van der Waals surface area (Å²) >= 11 is 0. The Labute approximate surface area is 114 Å². The van der Waals surface area contributed by atoms with E-state index in [1.807, 2.05) is 12.1 Å². The lowest BCUT2D eigenvalue weighted by atomic mass is 9.77. The third-order valence-electron chi connectivity index (χ3n) is 4.27. The van der Waals surface area contributed by atoms with Gasteiger partial charge in [-0.2, -0.15) is 0 Å². The second-order valence-corrected chi connectivity index (χ2v) is 6.08. The lowest BCUT2D eigenvalue weighted by Gasteiger charge is -2.37. The molecular formula is C16H22FNO. The summed E-state index contributed by atoms with van der Waals surface area (Å²) in [5.74, 6) is -0.0844. The molecule has 1 unspecified atom stereocenters. The van der Waals surface area contributed by atoms with Gasteiger partial charge in [-0.25, -0.2) is 4.39 Å². The van der Waals surface area contributed by atoms with Crippen molar-refractivity contribution in [3.05, 3.63) is 35.6 Å². The quantitative estimate of drug-likeness (QED) is 0.882. The number of ether oxygens (including phenoxy) is 1. The fourth-order valence-electron chi connectivity index (χ4n) is 2.95. The predicted molar refractivity (Wildman–Crippen MR) is 73.6 cm³/mol. The smallest absolute Gasteiger partial charge is 0.126 e. The molecule has 3 rings (SSSR count). The average molecular weight is 263 g/mol. The van der Waals surface area contributed by atoms with Gasteiger partial charge in [0.05, 0.1) is 6.61 Å². The number of benzene rings is 1. The highest BCUT2D eigenvalue weighted by atomic mass is 19.1. The number of halogens is 1. The minimum Gasteiger partial charge on any atom is -0.381 e. The van der Waals surface area contributed by atoms with Crippen LogP contribution in [-0.4, -0.2) is 25.8 Å². The van der Waals surface area contributed by atoms with Crippen LogP contribution in [0.2, 0.25) is 0 Å². The molecule has 2 fully saturated rings. The van der Waals surface area contributed by atoms with E-state index in [-0.39, 0.29) is 11.2 Å². The van der Waals surface area contributed by atoms with Crippen molar-refractivity contribution in [2.45, 2.75) is 38.1 Å². The molecule has 1 aromatic rings. The standard InChI is InChI=1S/C16H22FNO/c17-15-5-2-1-4-13(15)10-16(8-3-9-19-12-16)11-18-14-6-7-14/h1-2,4-5,14,18H,3,6-12H2. The largest absolute Gasteiger partial charge is 0.381 e. The first-order valence-corrected chi connectivity index (χ1v) is 7.32. The normalized spacial score (nSPS) is 27.4. The Morgan fingerprint density at radius 2 is 2.16 bits per heavy atom. The van der Waals surface area contributed by atoms with Crippen molar-refractivity contribution in [3.63, 3.8) is 0 Å². The summed E-state index contributed by atoms with van der Waals surface area (Å²) in [6.07, 6.45) is 5.56. The Kier molecular flexibility index (Phi) is 3.85. The highest BCUT2D eigenvalue weighted by Crippen LogP contribution is 2.34. The molecule has 1 aliphatic heterocycles. The maximum Gasteiger partial charge on any atom is 0.126 e. The van der Waals surface area contributed by atoms with Gasteiger partial charge in [0.2, 0.25) is 0 Å². The highest BCUT2D eigenvalue weighted by molar-refractivity contribution is 5.19. The molecule has 0 amide bonds. The molecule has 2 aliphatic rings. The summed E-state index contributed by atoms with van der Waals surface area (Å²) in [5.41, 5.74) is 0.897. The predicted octanol–water partition coefficient (Wildman–Crippen LogP) is 2.92. The van der Waals surface area contributed by atoms with Crippen LogP contribution >= 0.6 is 0 Å². The van der Waals surface area contributed by atoms with Crippen molar-refractivity contribution in [2.24, 2.45) is 5.41 Å². The van der Waals surface area contributed by atoms with E-state index in [1.54, 1.807) is 12.1 Å². The molecule has 0 spiro atoms. The second-order valence-electron chi connectivity index (χ2n) is 6.08. The van der Waals surface area contributed by atoms with Crippen LogP contribution in [-0.2, 0) is 11.2 Å². The molecule has 1 saturated carbocycles. The van der Waals surface area contributed by atoms with E-state index >= 15 is 0 Å². The van der Waals surface area contributed by atoms with Crippen LogP contribution in [0.15, 0.2) is 24.3 Å². The van der Waals surface area contributed by atoms with Gasteiger partial charge in [0.15, 0.2) is 0 Å². The topological polar surface area (TPSA) is 21.3 Å². The molecule has 1 heterocycles. The molecular weight excluding hydrogens is 241 g/mol. The molecule has 1 saturated heterocycles. The number of nitrogens with one attached hydrogen (secondary N) is 1. The van der Waals surface area contributed by atoms with Gasteiger partial charge in [-0.15, -0.1) is 0 Å². The Bertz CT molecular complexity index is 425. The molecule has 1 aliphatic carbocycles. The minimum absolute atomic E-state index is 0.0725. The zero-order valence-corrected chi connectivity index (χ0v) is 11.3. The fourth-order valence-corrected chi connectivity index (χ4v) is 2.95. The number of hydrogen-bond acceptors (Lipinski definition) is 2. The molecule has 3 heteroatoms. The van der Waals surface area contributed by atoms with Gasteiger partial charge in [-0.1, -0.05) is 18.2 Å². The first kappa shape index (κ1) is 13.1.